The molecular weight excluding hydrogens is 1620 g/mol. The summed E-state index contributed by atoms with van der Waals surface area (Å²) in [6.07, 6.45) is 0. The number of nitrogens with zero attached hydrogens (tertiary/aromatic N) is 3. The molecule has 0 radical (unpaired) electrons. The fraction of sp³-hybridized carbons (Fsp3) is 0.244. The monoisotopic (exact) mass is 1690 g/mol. The first kappa shape index (κ1) is 82.6. The zero-order valence-electron chi connectivity index (χ0n) is 62.6. The Labute approximate surface area is 671 Å². The Balaban J connectivity index is 0.000000161. The molecule has 5 aliphatic rings. The molecule has 0 spiro atoms. The molecule has 590 valence electrons. The van der Waals surface area contributed by atoms with Gasteiger partial charge < -0.3 is 71.1 Å². The van der Waals surface area contributed by atoms with Gasteiger partial charge in [0.15, 0.2) is 11.5 Å². The number of halogens is 2. The maximum absolute atomic E-state index is 13.1. The Bertz CT molecular complexity index is 5850. The molecule has 0 aromatic heterocycles. The molecular formula is C82H74Br2N12O19. The first-order valence-electron chi connectivity index (χ1n) is 35.7. The van der Waals surface area contributed by atoms with Gasteiger partial charge in [0.05, 0.1) is 59.4 Å². The number of methoxy groups -OCH3 is 2. The van der Waals surface area contributed by atoms with Gasteiger partial charge in [-0.25, -0.2) is 9.59 Å². The van der Waals surface area contributed by atoms with E-state index in [-0.39, 0.29) is 72.2 Å². The highest BCUT2D eigenvalue weighted by atomic mass is 79.9. The van der Waals surface area contributed by atoms with Crippen molar-refractivity contribution in [3.8, 4) is 46.7 Å². The van der Waals surface area contributed by atoms with Gasteiger partial charge in [0.1, 0.15) is 28.6 Å². The molecule has 31 nitrogen and oxygen atoms in total. The van der Waals surface area contributed by atoms with E-state index in [1.165, 1.54) is 24.0 Å². The summed E-state index contributed by atoms with van der Waals surface area (Å²) in [5, 5.41) is 21.5. The lowest BCUT2D eigenvalue weighted by Crippen LogP contribution is -2.54. The summed E-state index contributed by atoms with van der Waals surface area (Å²) in [5.74, 6) is 11.1. The van der Waals surface area contributed by atoms with Crippen LogP contribution in [-0.2, 0) is 27.4 Å². The highest BCUT2D eigenvalue weighted by Gasteiger charge is 2.50. The van der Waals surface area contributed by atoms with Gasteiger partial charge in [0, 0.05) is 104 Å². The van der Waals surface area contributed by atoms with E-state index in [4.69, 9.17) is 29.4 Å². The number of fused-ring (bicyclic) bond motifs is 2. The molecule has 33 heteroatoms. The highest BCUT2D eigenvalue weighted by molar-refractivity contribution is 9.10. The van der Waals surface area contributed by atoms with Crippen LogP contribution in [0.4, 0.5) is 55.1 Å². The summed E-state index contributed by atoms with van der Waals surface area (Å²) >= 11 is 6.61. The number of rotatable bonds is 20. The molecule has 5 heterocycles. The second-order valence-corrected chi connectivity index (χ2v) is 28.2. The molecule has 2 atom stereocenters. The number of amides is 8. The van der Waals surface area contributed by atoms with Crippen LogP contribution >= 0.6 is 31.9 Å². The van der Waals surface area contributed by atoms with Crippen molar-refractivity contribution in [3.63, 3.8) is 0 Å². The minimum absolute atomic E-state index is 0.125. The Morgan fingerprint density at radius 3 is 1.33 bits per heavy atom. The number of morpholine rings is 1. The number of carbonyl (C=O) groups is 6. The van der Waals surface area contributed by atoms with Crippen molar-refractivity contribution in [1.82, 2.24) is 36.0 Å². The van der Waals surface area contributed by atoms with Crippen molar-refractivity contribution in [3.05, 3.63) is 269 Å². The van der Waals surface area contributed by atoms with Gasteiger partial charge in [-0.2, -0.15) is 0 Å². The zero-order valence-corrected chi connectivity index (χ0v) is 65.8. The Morgan fingerprint density at radius 2 is 0.896 bits per heavy atom. The van der Waals surface area contributed by atoms with Gasteiger partial charge in [0.2, 0.25) is 27.4 Å². The van der Waals surface area contributed by atoms with Gasteiger partial charge in [-0.1, -0.05) is 67.7 Å². The molecule has 3 fully saturated rings. The van der Waals surface area contributed by atoms with Crippen LogP contribution in [0.5, 0.6) is 23.0 Å². The van der Waals surface area contributed by atoms with E-state index in [0.717, 1.165) is 51.1 Å². The third-order valence-electron chi connectivity index (χ3n) is 18.7. The van der Waals surface area contributed by atoms with Gasteiger partial charge in [0.25, 0.3) is 50.8 Å². The number of nitrogen functional groups attached to an aromatic ring is 1. The van der Waals surface area contributed by atoms with Crippen molar-refractivity contribution in [2.24, 2.45) is 0 Å². The van der Waals surface area contributed by atoms with Crippen LogP contribution in [0.25, 0.3) is 0 Å². The van der Waals surface area contributed by atoms with E-state index >= 15 is 0 Å². The second-order valence-electron chi connectivity index (χ2n) is 26.4. The highest BCUT2D eigenvalue weighted by Crippen LogP contribution is 2.32. The number of anilines is 8. The van der Waals surface area contributed by atoms with Crippen molar-refractivity contribution < 1.29 is 52.5 Å². The zero-order chi connectivity index (χ0) is 82.6. The number of nitrogens with one attached hydrogen (secondary N) is 8. The number of hydrogen-bond acceptors (Lipinski definition) is 25. The topological polar surface area (TPSA) is 417 Å². The van der Waals surface area contributed by atoms with Gasteiger partial charge in [-0.15, -0.1) is 0 Å². The maximum atomic E-state index is 13.1. The summed E-state index contributed by atoms with van der Waals surface area (Å²) in [5.41, 5.74) is 5.98. The summed E-state index contributed by atoms with van der Waals surface area (Å²) < 4.78 is 27.8. The van der Waals surface area contributed by atoms with Crippen LogP contribution in [0, 0.1) is 37.5 Å². The van der Waals surface area contributed by atoms with Crippen LogP contribution in [0.1, 0.15) is 67.9 Å². The van der Waals surface area contributed by atoms with Crippen LogP contribution in [0.3, 0.4) is 0 Å². The van der Waals surface area contributed by atoms with Crippen molar-refractivity contribution >= 4 is 113 Å². The first-order valence-corrected chi connectivity index (χ1v) is 37.3. The molecule has 115 heavy (non-hydrogen) atoms. The Morgan fingerprint density at radius 1 is 0.487 bits per heavy atom. The van der Waals surface area contributed by atoms with E-state index in [1.807, 2.05) is 36.4 Å². The summed E-state index contributed by atoms with van der Waals surface area (Å²) in [4.78, 5) is 172. The normalized spacial score (nSPS) is 16.3. The lowest BCUT2D eigenvalue weighted by atomic mass is 9.99. The molecule has 0 aliphatic carbocycles. The number of ether oxygens (including phenoxy) is 5. The van der Waals surface area contributed by atoms with E-state index in [9.17, 15) is 67.1 Å². The minimum Gasteiger partial charge on any atom is -0.497 e. The quantitative estimate of drug-likeness (QED) is 0.0197. The van der Waals surface area contributed by atoms with E-state index in [0.29, 0.717) is 89.2 Å². The number of imide groups is 2. The summed E-state index contributed by atoms with van der Waals surface area (Å²) in [6, 6.07) is 37.2. The molecule has 0 saturated carbocycles. The van der Waals surface area contributed by atoms with E-state index in [2.05, 4.69) is 103 Å². The van der Waals surface area contributed by atoms with Crippen LogP contribution < -0.4 is 111 Å². The molecule has 10 aromatic rings. The molecule has 10 N–H and O–H groups in total. The summed E-state index contributed by atoms with van der Waals surface area (Å²) in [7, 11) is 3.02. The Kier molecular flexibility index (Phi) is 25.9. The smallest absolute Gasteiger partial charge is 0.323 e. The average Bonchev–Trinajstić information content (AvgIpc) is 1.76. The fourth-order valence-electron chi connectivity index (χ4n) is 12.4. The number of carbonyl (C=O) groups excluding carboxylic acids is 6. The van der Waals surface area contributed by atoms with Crippen molar-refractivity contribution in [2.75, 3.05) is 107 Å². The van der Waals surface area contributed by atoms with Gasteiger partial charge in [-0.05, 0) is 160 Å². The number of benzene rings is 6. The standard InChI is InChI=1S/C31H30N6O7.C26H20N4O6.C12H10BrNO3.C7H8O3.C6H6BrN/c1-43-22-7-4-20-17-37(28(40)23(20)16-22)18-31(29(41)34-30(42)35-31)9-8-19-2-5-21(6-3-19)33-25-24(26(38)27(25)39)32-10-11-36-12-14-44-15-13-36;1-14-20(22(32)21(14)31)27-17-6-3-15(4-7-17)9-10-26(24(34)28-25(35)29-26)13-30-12-16-5-8-18(36-2)11-19(16)23(30)33;1-2-17-12-9(10(15)11(12)16)14-8-5-3-7(13)4-6-8;1-3-10-7-4(2)5(8)6(7)9;7-5-1-3-6(8)4-2-5/h2-7,16,32-33H,10-15,17-18H2,1H3,(H2,34,35,41,42);3-8,11,27H,12-13H2,1-2H3,(H2,28,29,34,35);3-6,14H,2H2,1H3;3H2,1-2H3;1-4H,8H2/t31-;26-;;;/m11.../s1. The lowest BCUT2D eigenvalue weighted by Gasteiger charge is -2.27. The third kappa shape index (κ3) is 18.7. The molecule has 5 aliphatic heterocycles. The fourth-order valence-corrected chi connectivity index (χ4v) is 12.9. The second kappa shape index (κ2) is 36.0. The first-order chi connectivity index (χ1) is 55.1. The number of nitrogens with two attached hydrogens (primary N) is 1. The van der Waals surface area contributed by atoms with E-state index < -0.39 is 78.4 Å². The molecule has 15 rings (SSSR count). The number of urea groups is 2. The largest absolute Gasteiger partial charge is 0.497 e. The minimum atomic E-state index is -1.65. The predicted molar refractivity (Wildman–Crippen MR) is 436 cm³/mol. The van der Waals surface area contributed by atoms with Gasteiger partial charge >= 0.3 is 12.1 Å². The average molecular weight is 1690 g/mol. The predicted octanol–water partition coefficient (Wildman–Crippen LogP) is 5.50. The number of hydrogen-bond donors (Lipinski definition) is 9. The van der Waals surface area contributed by atoms with Crippen LogP contribution in [0.2, 0.25) is 0 Å². The van der Waals surface area contributed by atoms with Gasteiger partial charge in [-0.3, -0.25) is 73.1 Å². The molecule has 0 unspecified atom stereocenters. The maximum Gasteiger partial charge on any atom is 0.323 e. The van der Waals surface area contributed by atoms with Crippen molar-refractivity contribution in [2.45, 2.75) is 51.9 Å². The molecule has 10 aromatic carbocycles. The van der Waals surface area contributed by atoms with Crippen molar-refractivity contribution in [1.29, 1.82) is 0 Å². The van der Waals surface area contributed by atoms with Crippen LogP contribution in [-0.4, -0.2) is 141 Å². The Hall–Kier alpha value is -13.3. The molecule has 3 saturated heterocycles. The van der Waals surface area contributed by atoms with Crippen LogP contribution in [0.15, 0.2) is 181 Å². The third-order valence-corrected chi connectivity index (χ3v) is 19.8. The van der Waals surface area contributed by atoms with E-state index in [1.54, 1.807) is 125 Å². The SMILES string of the molecule is CCOc1c(C)c(=O)c1=O.CCOc1c(Nc2ccc(Br)cc2)c(=O)c1=O.COc1ccc2c(c1)C(=O)N(C[C@@]1(C#Cc3ccc(Nc4c(C)c(=O)c4=O)cc3)NC(=O)NC1=O)C2.COc1ccc2c(c1)C(=O)N(C[C@@]1(C#Cc3ccc(Nc4c(NCCN5CCOCC5)c(=O)c4=O)cc3)NC(=O)NC1=O)C2.Nc1ccc(Br)cc1. The summed E-state index contributed by atoms with van der Waals surface area (Å²) in [6.45, 7) is 12.0. The molecule has 0 bridgehead atoms. The lowest BCUT2D eigenvalue weighted by molar-refractivity contribution is -0.123. The molecule has 8 amide bonds.